The van der Waals surface area contributed by atoms with Crippen LogP contribution in [0.5, 0.6) is 0 Å². The van der Waals surface area contributed by atoms with Crippen molar-refractivity contribution in [3.63, 3.8) is 0 Å². The van der Waals surface area contributed by atoms with Crippen molar-refractivity contribution in [2.24, 2.45) is 10.7 Å². The first-order chi connectivity index (χ1) is 9.22. The van der Waals surface area contributed by atoms with Gasteiger partial charge in [-0.3, -0.25) is 0 Å². The van der Waals surface area contributed by atoms with E-state index in [9.17, 15) is 0 Å². The van der Waals surface area contributed by atoms with Crippen LogP contribution in [0.15, 0.2) is 70.9 Å². The molecule has 0 saturated heterocycles. The van der Waals surface area contributed by atoms with Gasteiger partial charge in [0.25, 0.3) is 0 Å². The van der Waals surface area contributed by atoms with Gasteiger partial charge in [-0.05, 0) is 18.6 Å². The lowest BCUT2D eigenvalue weighted by atomic mass is 10.1. The van der Waals surface area contributed by atoms with Gasteiger partial charge in [0, 0.05) is 5.57 Å². The van der Waals surface area contributed by atoms with Crippen LogP contribution in [0.1, 0.15) is 11.1 Å². The fourth-order valence-corrected chi connectivity index (χ4v) is 2.08. The van der Waals surface area contributed by atoms with Crippen LogP contribution in [0.2, 0.25) is 0 Å². The number of nitrogens with two attached hydrogens (primary N) is 1. The van der Waals surface area contributed by atoms with Crippen LogP contribution in [0, 0.1) is 6.92 Å². The van der Waals surface area contributed by atoms with Crippen molar-refractivity contribution in [1.29, 1.82) is 0 Å². The molecule has 0 aromatic heterocycles. The molecule has 1 aliphatic carbocycles. The summed E-state index contributed by atoms with van der Waals surface area (Å²) in [5.74, 6) is 0.425. The Balaban J connectivity index is 2.03. The van der Waals surface area contributed by atoms with E-state index in [1.54, 1.807) is 0 Å². The zero-order valence-electron chi connectivity index (χ0n) is 10.7. The number of benzene rings is 1. The third kappa shape index (κ3) is 2.36. The predicted molar refractivity (Wildman–Crippen MR) is 79.2 cm³/mol. The molecule has 3 nitrogen and oxygen atoms in total. The molecule has 1 aromatic rings. The Labute approximate surface area is 112 Å². The highest BCUT2D eigenvalue weighted by Crippen LogP contribution is 2.23. The minimum Gasteiger partial charge on any atom is -0.369 e. The van der Waals surface area contributed by atoms with Crippen molar-refractivity contribution >= 4 is 11.7 Å². The van der Waals surface area contributed by atoms with E-state index >= 15 is 0 Å². The standard InChI is InChI=1S/C16H15N3/c1-11-6-8-13(9-7-11)15-10-14(18-16(17)19-15)12-4-2-3-5-12/h2-10H,1H3,(H3,17,18,19). The molecule has 0 fully saturated rings. The fraction of sp³-hybridized carbons (Fsp3) is 0.0625. The number of nitrogens with zero attached hydrogens (tertiary/aromatic N) is 1. The van der Waals surface area contributed by atoms with E-state index in [-0.39, 0.29) is 0 Å². The van der Waals surface area contributed by atoms with E-state index in [1.807, 2.05) is 30.4 Å². The number of guanidine groups is 1. The lowest BCUT2D eigenvalue weighted by Crippen LogP contribution is -2.32. The minimum atomic E-state index is 0.425. The van der Waals surface area contributed by atoms with Crippen molar-refractivity contribution in [2.75, 3.05) is 0 Å². The molecule has 0 unspecified atom stereocenters. The summed E-state index contributed by atoms with van der Waals surface area (Å²) in [6.07, 6.45) is 10.1. The molecule has 0 spiro atoms. The van der Waals surface area contributed by atoms with Crippen molar-refractivity contribution in [3.05, 3.63) is 77.0 Å². The van der Waals surface area contributed by atoms with Crippen molar-refractivity contribution < 1.29 is 0 Å². The molecule has 0 amide bonds. The Morgan fingerprint density at radius 1 is 1.05 bits per heavy atom. The summed E-state index contributed by atoms with van der Waals surface area (Å²) in [4.78, 5) is 4.34. The Kier molecular flexibility index (Phi) is 2.80. The zero-order chi connectivity index (χ0) is 13.2. The Bertz CT molecular complexity index is 642. The van der Waals surface area contributed by atoms with Gasteiger partial charge >= 0.3 is 0 Å². The summed E-state index contributed by atoms with van der Waals surface area (Å²) in [5.41, 5.74) is 11.1. The molecule has 3 heteroatoms. The molecule has 0 saturated carbocycles. The van der Waals surface area contributed by atoms with Crippen LogP contribution in [-0.4, -0.2) is 5.96 Å². The van der Waals surface area contributed by atoms with Crippen molar-refractivity contribution in [2.45, 2.75) is 6.92 Å². The molecule has 0 radical (unpaired) electrons. The third-order valence-corrected chi connectivity index (χ3v) is 3.11. The number of aryl methyl sites for hydroxylation is 1. The summed E-state index contributed by atoms with van der Waals surface area (Å²) >= 11 is 0. The van der Waals surface area contributed by atoms with Gasteiger partial charge in [-0.1, -0.05) is 54.1 Å². The maximum atomic E-state index is 5.87. The van der Waals surface area contributed by atoms with Gasteiger partial charge in [0.05, 0.1) is 11.4 Å². The number of nitrogens with one attached hydrogen (secondary N) is 1. The largest absolute Gasteiger partial charge is 0.369 e. The van der Waals surface area contributed by atoms with Crippen LogP contribution in [0.4, 0.5) is 0 Å². The molecule has 1 heterocycles. The molecule has 0 bridgehead atoms. The molecule has 94 valence electrons. The summed E-state index contributed by atoms with van der Waals surface area (Å²) in [6.45, 7) is 2.07. The van der Waals surface area contributed by atoms with Crippen molar-refractivity contribution in [3.8, 4) is 0 Å². The molecular formula is C16H15N3. The highest BCUT2D eigenvalue weighted by Gasteiger charge is 2.12. The van der Waals surface area contributed by atoms with Gasteiger partial charge < -0.3 is 11.1 Å². The van der Waals surface area contributed by atoms with Crippen LogP contribution in [0.25, 0.3) is 5.70 Å². The summed E-state index contributed by atoms with van der Waals surface area (Å²) in [5, 5.41) is 3.11. The Morgan fingerprint density at radius 3 is 2.42 bits per heavy atom. The summed E-state index contributed by atoms with van der Waals surface area (Å²) < 4.78 is 0. The monoisotopic (exact) mass is 249 g/mol. The average molecular weight is 249 g/mol. The molecule has 19 heavy (non-hydrogen) atoms. The van der Waals surface area contributed by atoms with Gasteiger partial charge in [0.1, 0.15) is 0 Å². The Hall–Kier alpha value is -2.55. The molecular weight excluding hydrogens is 234 g/mol. The SMILES string of the molecule is Cc1ccc(C2=CC(=C3C=CC=C3)N=C(N)N2)cc1. The van der Waals surface area contributed by atoms with Gasteiger partial charge in [-0.15, -0.1) is 0 Å². The van der Waals surface area contributed by atoms with E-state index in [2.05, 4.69) is 41.5 Å². The second-order valence-electron chi connectivity index (χ2n) is 4.60. The second-order valence-corrected chi connectivity index (χ2v) is 4.60. The van der Waals surface area contributed by atoms with Crippen LogP contribution in [0.3, 0.4) is 0 Å². The van der Waals surface area contributed by atoms with Gasteiger partial charge in [0.2, 0.25) is 0 Å². The second kappa shape index (κ2) is 4.61. The maximum Gasteiger partial charge on any atom is 0.198 e. The number of rotatable bonds is 1. The summed E-state index contributed by atoms with van der Waals surface area (Å²) in [6, 6.07) is 8.33. The first kappa shape index (κ1) is 11.5. The first-order valence-corrected chi connectivity index (χ1v) is 6.21. The highest BCUT2D eigenvalue weighted by atomic mass is 15.1. The van der Waals surface area contributed by atoms with E-state index in [0.717, 1.165) is 22.5 Å². The molecule has 3 rings (SSSR count). The highest BCUT2D eigenvalue weighted by molar-refractivity contribution is 5.92. The Morgan fingerprint density at radius 2 is 1.74 bits per heavy atom. The topological polar surface area (TPSA) is 50.4 Å². The van der Waals surface area contributed by atoms with E-state index in [1.165, 1.54) is 5.56 Å². The molecule has 1 aromatic carbocycles. The minimum absolute atomic E-state index is 0.425. The van der Waals surface area contributed by atoms with E-state index in [4.69, 9.17) is 5.73 Å². The molecule has 2 aliphatic rings. The van der Waals surface area contributed by atoms with Gasteiger partial charge in [0.15, 0.2) is 5.96 Å². The lowest BCUT2D eigenvalue weighted by molar-refractivity contribution is 1.16. The van der Waals surface area contributed by atoms with Crippen LogP contribution in [-0.2, 0) is 0 Å². The summed E-state index contributed by atoms with van der Waals surface area (Å²) in [7, 11) is 0. The van der Waals surface area contributed by atoms with E-state index < -0.39 is 0 Å². The zero-order valence-corrected chi connectivity index (χ0v) is 10.7. The van der Waals surface area contributed by atoms with Crippen LogP contribution >= 0.6 is 0 Å². The van der Waals surface area contributed by atoms with Gasteiger partial charge in [-0.2, -0.15) is 0 Å². The lowest BCUT2D eigenvalue weighted by Gasteiger charge is -2.16. The number of allylic oxidation sites excluding steroid dienone is 6. The molecule has 1 aliphatic heterocycles. The smallest absolute Gasteiger partial charge is 0.198 e. The van der Waals surface area contributed by atoms with Crippen LogP contribution < -0.4 is 11.1 Å². The van der Waals surface area contributed by atoms with Crippen molar-refractivity contribution in [1.82, 2.24) is 5.32 Å². The normalized spacial score (nSPS) is 17.3. The number of hydrogen-bond acceptors (Lipinski definition) is 3. The third-order valence-electron chi connectivity index (χ3n) is 3.11. The maximum absolute atomic E-state index is 5.87. The molecule has 3 N–H and O–H groups in total. The fourth-order valence-electron chi connectivity index (χ4n) is 2.08. The first-order valence-electron chi connectivity index (χ1n) is 6.21. The number of hydrogen-bond donors (Lipinski definition) is 2. The average Bonchev–Trinajstić information content (AvgIpc) is 2.93. The molecule has 0 atom stereocenters. The number of aliphatic imine (C=N–C) groups is 1. The van der Waals surface area contributed by atoms with Gasteiger partial charge in [-0.25, -0.2) is 4.99 Å². The predicted octanol–water partition coefficient (Wildman–Crippen LogP) is 2.63. The van der Waals surface area contributed by atoms with E-state index in [0.29, 0.717) is 5.96 Å². The quantitative estimate of drug-likeness (QED) is 0.804.